The summed E-state index contributed by atoms with van der Waals surface area (Å²) in [5, 5.41) is 29.7. The van der Waals surface area contributed by atoms with Crippen LogP contribution in [-0.4, -0.2) is 84.3 Å². The number of aromatic carboxylic acids is 1. The monoisotopic (exact) mass is 1190 g/mol. The molecule has 0 spiro atoms. The van der Waals surface area contributed by atoms with Crippen LogP contribution < -0.4 is 32.4 Å². The maximum atomic E-state index is 12.2. The second-order valence-electron chi connectivity index (χ2n) is 18.5. The van der Waals surface area contributed by atoms with Crippen LogP contribution in [0, 0.1) is 69.2 Å². The van der Waals surface area contributed by atoms with Gasteiger partial charge >= 0.3 is 33.7 Å². The summed E-state index contributed by atoms with van der Waals surface area (Å²) in [7, 11) is -4.53. The zero-order chi connectivity index (χ0) is 64.3. The van der Waals surface area contributed by atoms with Crippen molar-refractivity contribution in [1.29, 1.82) is 0 Å². The molecule has 0 heterocycles. The highest BCUT2D eigenvalue weighted by Gasteiger charge is 2.49. The number of rotatable bonds is 13. The van der Waals surface area contributed by atoms with Crippen LogP contribution in [0.25, 0.3) is 6.08 Å². The number of carboxylic acid groups (broad SMARTS) is 1. The number of alkyl carbamates (subject to hydrolysis) is 1. The van der Waals surface area contributed by atoms with E-state index in [1.165, 1.54) is 39.2 Å². The van der Waals surface area contributed by atoms with Gasteiger partial charge in [0.15, 0.2) is 6.29 Å². The van der Waals surface area contributed by atoms with Crippen LogP contribution in [0.3, 0.4) is 0 Å². The van der Waals surface area contributed by atoms with Crippen LogP contribution >= 0.6 is 0 Å². The number of aldehydes is 1. The lowest BCUT2D eigenvalue weighted by atomic mass is 9.98. The zero-order valence-corrected chi connectivity index (χ0v) is 48.3. The fraction of sp³-hybridized carbons (Fsp3) is 0.220. The van der Waals surface area contributed by atoms with E-state index in [-0.39, 0.29) is 46.1 Å². The number of hydrogen-bond donors (Lipinski definition) is 8. The molecule has 0 saturated carbocycles. The Bertz CT molecular complexity index is 3460. The van der Waals surface area contributed by atoms with E-state index in [0.29, 0.717) is 50.1 Å². The number of hydrogen-bond acceptors (Lipinski definition) is 15. The molecular weight excluding hydrogens is 1120 g/mol. The molecule has 0 saturated heterocycles. The first-order chi connectivity index (χ1) is 38.9. The average molecular weight is 1190 g/mol. The van der Waals surface area contributed by atoms with Crippen molar-refractivity contribution >= 4 is 64.1 Å². The number of aryl methyl sites for hydroxylation is 10. The van der Waals surface area contributed by atoms with Gasteiger partial charge in [-0.15, -0.1) is 0 Å². The summed E-state index contributed by atoms with van der Waals surface area (Å²) in [6, 6.07) is 24.0. The Hall–Kier alpha value is -10.0. The summed E-state index contributed by atoms with van der Waals surface area (Å²) in [4.78, 5) is 89.3. The van der Waals surface area contributed by atoms with Crippen LogP contribution in [-0.2, 0) is 31.0 Å². The van der Waals surface area contributed by atoms with E-state index in [1.54, 1.807) is 91.8 Å². The molecular formula is C59H64F3N5O16S. The SMILES string of the molecule is COC(=O)/C(=C/c1c(C)cc(C(N)=O)cc1C)NC(=O)OCc1ccccc1.Cc1cc(C(=O)O)cc(C)c1O.Cc1cc(C(N)=O)cc(C)c1C=O.Cc1cc(C(N)=O)cc(C)c1O.Cc1cc(C(N)=O)cc(C)c1OS(=O)(=O)C(F)(F)F. The van der Waals surface area contributed by atoms with Crippen LogP contribution in [0.1, 0.15) is 129 Å². The minimum absolute atomic E-state index is 0.0479. The number of alkyl halides is 3. The predicted octanol–water partition coefficient (Wildman–Crippen LogP) is 8.50. The predicted molar refractivity (Wildman–Crippen MR) is 305 cm³/mol. The van der Waals surface area contributed by atoms with Crippen molar-refractivity contribution in [2.45, 2.75) is 81.4 Å². The van der Waals surface area contributed by atoms with Gasteiger partial charge in [0, 0.05) is 27.8 Å². The Morgan fingerprint density at radius 2 is 0.881 bits per heavy atom. The quantitative estimate of drug-likeness (QED) is 0.0176. The molecule has 0 bridgehead atoms. The number of carboxylic acids is 1. The summed E-state index contributed by atoms with van der Waals surface area (Å²) < 4.78 is 72.4. The number of aromatic hydroxyl groups is 2. The van der Waals surface area contributed by atoms with E-state index in [2.05, 4.69) is 9.50 Å². The lowest BCUT2D eigenvalue weighted by molar-refractivity contribution is -0.136. The van der Waals surface area contributed by atoms with Crippen molar-refractivity contribution in [3.05, 3.63) is 197 Å². The van der Waals surface area contributed by atoms with Crippen LogP contribution in [0.2, 0.25) is 0 Å². The Morgan fingerprint density at radius 1 is 0.548 bits per heavy atom. The number of phenolic OH excluding ortho intramolecular Hbond substituents is 2. The molecule has 0 atom stereocenters. The Labute approximate surface area is 482 Å². The summed E-state index contributed by atoms with van der Waals surface area (Å²) in [5.41, 5.74) is 24.2. The average Bonchev–Trinajstić information content (AvgIpc) is 3.62. The van der Waals surface area contributed by atoms with Crippen LogP contribution in [0.15, 0.2) is 96.7 Å². The van der Waals surface area contributed by atoms with E-state index in [9.17, 15) is 70.2 Å². The van der Waals surface area contributed by atoms with Gasteiger partial charge in [-0.2, -0.15) is 21.6 Å². The standard InChI is InChI=1S/C21H22N2O5.C10H10F3NO4S.C10H11NO2.C9H11NO2.C9H10O3/c1-13-9-16(19(22)24)10-14(2)17(13)11-18(20(25)27-3)23-21(26)28-12-15-7-5-4-6-8-15;1-5-3-7(9(14)15)4-6(2)8(5)18-19(16,17)10(11,12)13;1-6-3-8(10(11)13)4-7(2)9(6)5-12;1-5-3-7(9(10)12)4-6(2)8(5)11;1-5-3-7(9(11)12)4-6(2)8(5)10/h4-11H,12H2,1-3H3,(H2,22,24)(H,23,26);3-4H,1-2H3,(H2,14,15);3-5H,1-2H3,(H2,11,13);3-4,11H,1-2H3,(H2,10,12);3-4,10H,1-2H3,(H,11,12)/b18-11-;;;;. The fourth-order valence-corrected chi connectivity index (χ4v) is 8.05. The lowest BCUT2D eigenvalue weighted by Gasteiger charge is -2.14. The molecule has 5 amide bonds. The Kier molecular flexibility index (Phi) is 25.6. The molecule has 0 aliphatic carbocycles. The molecule has 6 aromatic carbocycles. The number of methoxy groups -OCH3 is 1. The van der Waals surface area contributed by atoms with Crippen molar-refractivity contribution in [1.82, 2.24) is 5.32 Å². The molecule has 0 aromatic heterocycles. The summed E-state index contributed by atoms with van der Waals surface area (Å²) in [6.07, 6.45) is 1.48. The molecule has 6 aromatic rings. The molecule has 12 N–H and O–H groups in total. The molecule has 0 aliphatic heterocycles. The van der Waals surface area contributed by atoms with E-state index < -0.39 is 63.0 Å². The van der Waals surface area contributed by atoms with Gasteiger partial charge in [-0.1, -0.05) is 30.3 Å². The van der Waals surface area contributed by atoms with Gasteiger partial charge < -0.3 is 51.9 Å². The molecule has 25 heteroatoms. The van der Waals surface area contributed by atoms with Crippen molar-refractivity contribution in [3.8, 4) is 17.2 Å². The Morgan fingerprint density at radius 3 is 1.20 bits per heavy atom. The minimum Gasteiger partial charge on any atom is -0.507 e. The highest BCUT2D eigenvalue weighted by Crippen LogP contribution is 2.32. The number of benzene rings is 6. The van der Waals surface area contributed by atoms with E-state index >= 15 is 0 Å². The van der Waals surface area contributed by atoms with Gasteiger partial charge in [0.2, 0.25) is 23.6 Å². The number of phenols is 2. The third kappa shape index (κ3) is 20.5. The third-order valence-corrected chi connectivity index (χ3v) is 12.7. The number of halogens is 3. The van der Waals surface area contributed by atoms with E-state index in [0.717, 1.165) is 46.2 Å². The van der Waals surface area contributed by atoms with Crippen molar-refractivity contribution < 1.29 is 88.9 Å². The Balaban J connectivity index is 0.000000376. The number of primary amides is 4. The highest BCUT2D eigenvalue weighted by atomic mass is 32.2. The number of nitrogens with one attached hydrogen (secondary N) is 1. The number of carbonyl (C=O) groups is 8. The minimum atomic E-state index is -5.75. The third-order valence-electron chi connectivity index (χ3n) is 11.8. The zero-order valence-electron chi connectivity index (χ0n) is 47.5. The largest absolute Gasteiger partial charge is 0.534 e. The molecule has 0 fully saturated rings. The summed E-state index contributed by atoms with van der Waals surface area (Å²) >= 11 is 0. The van der Waals surface area contributed by atoms with Gasteiger partial charge in [0.1, 0.15) is 29.6 Å². The molecule has 84 heavy (non-hydrogen) atoms. The lowest BCUT2D eigenvalue weighted by Crippen LogP contribution is -2.28. The van der Waals surface area contributed by atoms with Gasteiger partial charge in [-0.25, -0.2) is 14.4 Å². The van der Waals surface area contributed by atoms with E-state index in [1.807, 2.05) is 30.3 Å². The number of ether oxygens (including phenoxy) is 2. The molecule has 0 aliphatic rings. The van der Waals surface area contributed by atoms with Crippen LogP contribution in [0.4, 0.5) is 18.0 Å². The fourth-order valence-electron chi connectivity index (χ4n) is 7.48. The first kappa shape index (κ1) is 70.1. The second kappa shape index (κ2) is 30.7. The normalized spacial score (nSPS) is 10.7. The smallest absolute Gasteiger partial charge is 0.507 e. The summed E-state index contributed by atoms with van der Waals surface area (Å²) in [5.74, 6) is -4.04. The highest BCUT2D eigenvalue weighted by molar-refractivity contribution is 7.88. The van der Waals surface area contributed by atoms with Gasteiger partial charge in [-0.3, -0.25) is 29.3 Å². The van der Waals surface area contributed by atoms with Crippen LogP contribution in [0.5, 0.6) is 17.2 Å². The summed E-state index contributed by atoms with van der Waals surface area (Å²) in [6.45, 7) is 16.6. The number of esters is 1. The molecule has 0 radical (unpaired) electrons. The van der Waals surface area contributed by atoms with Crippen molar-refractivity contribution in [2.75, 3.05) is 7.11 Å². The molecule has 21 nitrogen and oxygen atoms in total. The van der Waals surface area contributed by atoms with Gasteiger partial charge in [0.05, 0.1) is 12.7 Å². The van der Waals surface area contributed by atoms with E-state index in [4.69, 9.17) is 37.5 Å². The molecule has 448 valence electrons. The first-order valence-corrected chi connectivity index (χ1v) is 25.9. The first-order valence-electron chi connectivity index (χ1n) is 24.5. The maximum absolute atomic E-state index is 12.2. The van der Waals surface area contributed by atoms with Gasteiger partial charge in [-0.05, 0) is 203 Å². The number of carbonyl (C=O) groups excluding carboxylic acids is 7. The second-order valence-corrected chi connectivity index (χ2v) is 20.0. The van der Waals surface area contributed by atoms with Gasteiger partial charge in [0.25, 0.3) is 0 Å². The van der Waals surface area contributed by atoms with Crippen molar-refractivity contribution in [3.63, 3.8) is 0 Å². The number of nitrogens with two attached hydrogens (primary N) is 4. The maximum Gasteiger partial charge on any atom is 0.534 e. The number of amides is 5. The molecule has 6 rings (SSSR count). The topological polar surface area (TPSA) is 375 Å². The van der Waals surface area contributed by atoms with Crippen molar-refractivity contribution in [2.24, 2.45) is 22.9 Å². The molecule has 0 unspecified atom stereocenters.